The first-order valence-corrected chi connectivity index (χ1v) is 6.33. The number of halogens is 1. The first-order chi connectivity index (χ1) is 9.59. The lowest BCUT2D eigenvalue weighted by molar-refractivity contribution is 0.188. The highest BCUT2D eigenvalue weighted by Crippen LogP contribution is 2.44. The first-order valence-electron chi connectivity index (χ1n) is 6.33. The molecule has 0 saturated heterocycles. The lowest BCUT2D eigenvalue weighted by Crippen LogP contribution is -2.34. The predicted octanol–water partition coefficient (Wildman–Crippen LogP) is 3.14. The van der Waals surface area contributed by atoms with Gasteiger partial charge in [-0.25, -0.2) is 9.18 Å². The standard InChI is InChI=1S/C15H13FN2O2/c16-12-4-1-10(2-5-12)11-3-6-13(17-9-11)15(7-8-15)18-14(19)20/h1-6,9,18H,7-8H2,(H,19,20). The van der Waals surface area contributed by atoms with Gasteiger partial charge in [0.1, 0.15) is 5.82 Å². The Bertz CT molecular complexity index is 634. The molecule has 1 aromatic heterocycles. The Balaban J connectivity index is 1.85. The van der Waals surface area contributed by atoms with Crippen molar-refractivity contribution in [1.82, 2.24) is 10.3 Å². The van der Waals surface area contributed by atoms with E-state index in [0.29, 0.717) is 0 Å². The summed E-state index contributed by atoms with van der Waals surface area (Å²) in [6, 6.07) is 9.87. The van der Waals surface area contributed by atoms with E-state index < -0.39 is 11.6 Å². The van der Waals surface area contributed by atoms with Crippen molar-refractivity contribution in [3.05, 3.63) is 54.1 Å². The number of amides is 1. The number of carbonyl (C=O) groups is 1. The van der Waals surface area contributed by atoms with Gasteiger partial charge in [-0.2, -0.15) is 0 Å². The normalized spacial score (nSPS) is 15.7. The molecule has 1 aliphatic carbocycles. The number of rotatable bonds is 3. The molecule has 1 heterocycles. The van der Waals surface area contributed by atoms with Crippen LogP contribution in [0.4, 0.5) is 9.18 Å². The maximum absolute atomic E-state index is 12.9. The maximum atomic E-state index is 12.9. The molecule has 0 spiro atoms. The highest BCUT2D eigenvalue weighted by atomic mass is 19.1. The Kier molecular flexibility index (Phi) is 2.89. The minimum absolute atomic E-state index is 0.277. The summed E-state index contributed by atoms with van der Waals surface area (Å²) in [5, 5.41) is 11.4. The number of aromatic nitrogens is 1. The average Bonchev–Trinajstić information content (AvgIpc) is 3.20. The van der Waals surface area contributed by atoms with Gasteiger partial charge in [0.2, 0.25) is 0 Å². The van der Waals surface area contributed by atoms with E-state index in [0.717, 1.165) is 29.7 Å². The quantitative estimate of drug-likeness (QED) is 0.902. The molecule has 1 amide bonds. The van der Waals surface area contributed by atoms with Crippen LogP contribution in [0.2, 0.25) is 0 Å². The van der Waals surface area contributed by atoms with Crippen LogP contribution in [0.5, 0.6) is 0 Å². The number of nitrogens with zero attached hydrogens (tertiary/aromatic N) is 1. The van der Waals surface area contributed by atoms with E-state index >= 15 is 0 Å². The van der Waals surface area contributed by atoms with E-state index in [1.165, 1.54) is 12.1 Å². The molecule has 102 valence electrons. The van der Waals surface area contributed by atoms with Crippen LogP contribution in [-0.2, 0) is 5.54 Å². The minimum Gasteiger partial charge on any atom is -0.465 e. The maximum Gasteiger partial charge on any atom is 0.405 e. The molecule has 0 bridgehead atoms. The molecule has 0 atom stereocenters. The molecule has 2 N–H and O–H groups in total. The summed E-state index contributed by atoms with van der Waals surface area (Å²) in [4.78, 5) is 15.1. The summed E-state index contributed by atoms with van der Waals surface area (Å²) in [6.45, 7) is 0. The van der Waals surface area contributed by atoms with Crippen molar-refractivity contribution in [3.8, 4) is 11.1 Å². The molecular formula is C15H13FN2O2. The third-order valence-corrected chi connectivity index (χ3v) is 3.53. The smallest absolute Gasteiger partial charge is 0.405 e. The van der Waals surface area contributed by atoms with Crippen molar-refractivity contribution in [2.24, 2.45) is 0 Å². The number of hydrogen-bond acceptors (Lipinski definition) is 2. The van der Waals surface area contributed by atoms with Crippen LogP contribution in [0.15, 0.2) is 42.6 Å². The van der Waals surface area contributed by atoms with Crippen LogP contribution >= 0.6 is 0 Å². The van der Waals surface area contributed by atoms with Gasteiger partial charge in [-0.15, -0.1) is 0 Å². The number of hydrogen-bond donors (Lipinski definition) is 2. The third kappa shape index (κ3) is 2.34. The molecule has 20 heavy (non-hydrogen) atoms. The first kappa shape index (κ1) is 12.6. The van der Waals surface area contributed by atoms with Crippen molar-refractivity contribution >= 4 is 6.09 Å². The van der Waals surface area contributed by atoms with Gasteiger partial charge >= 0.3 is 6.09 Å². The second-order valence-electron chi connectivity index (χ2n) is 4.95. The molecule has 1 aromatic carbocycles. The summed E-state index contributed by atoms with van der Waals surface area (Å²) in [6.07, 6.45) is 2.18. The van der Waals surface area contributed by atoms with Gasteiger partial charge in [0, 0.05) is 11.8 Å². The van der Waals surface area contributed by atoms with E-state index in [1.807, 2.05) is 12.1 Å². The fraction of sp³-hybridized carbons (Fsp3) is 0.200. The summed E-state index contributed by atoms with van der Waals surface area (Å²) < 4.78 is 12.9. The van der Waals surface area contributed by atoms with Crippen molar-refractivity contribution in [1.29, 1.82) is 0 Å². The molecule has 4 nitrogen and oxygen atoms in total. The fourth-order valence-electron chi connectivity index (χ4n) is 2.26. The summed E-state index contributed by atoms with van der Waals surface area (Å²) in [5.74, 6) is -0.277. The summed E-state index contributed by atoms with van der Waals surface area (Å²) in [7, 11) is 0. The largest absolute Gasteiger partial charge is 0.465 e. The van der Waals surface area contributed by atoms with Crippen molar-refractivity contribution in [2.75, 3.05) is 0 Å². The number of carboxylic acid groups (broad SMARTS) is 1. The zero-order valence-corrected chi connectivity index (χ0v) is 10.6. The highest BCUT2D eigenvalue weighted by Gasteiger charge is 2.47. The van der Waals surface area contributed by atoms with Gasteiger partial charge in [0.15, 0.2) is 0 Å². The van der Waals surface area contributed by atoms with Crippen LogP contribution in [-0.4, -0.2) is 16.2 Å². The van der Waals surface area contributed by atoms with E-state index in [-0.39, 0.29) is 5.82 Å². The Morgan fingerprint density at radius 3 is 2.30 bits per heavy atom. The summed E-state index contributed by atoms with van der Waals surface area (Å²) in [5.41, 5.74) is 1.96. The molecule has 0 radical (unpaired) electrons. The van der Waals surface area contributed by atoms with Crippen molar-refractivity contribution in [3.63, 3.8) is 0 Å². The monoisotopic (exact) mass is 272 g/mol. The molecule has 0 aliphatic heterocycles. The van der Waals surface area contributed by atoms with E-state index in [1.54, 1.807) is 18.3 Å². The van der Waals surface area contributed by atoms with Gasteiger partial charge in [-0.3, -0.25) is 4.98 Å². The highest BCUT2D eigenvalue weighted by molar-refractivity contribution is 5.67. The lowest BCUT2D eigenvalue weighted by atomic mass is 10.1. The molecule has 5 heteroatoms. The molecule has 1 saturated carbocycles. The SMILES string of the molecule is O=C(O)NC1(c2ccc(-c3ccc(F)cc3)cn2)CC1. The second kappa shape index (κ2) is 4.59. The van der Waals surface area contributed by atoms with Gasteiger partial charge in [-0.1, -0.05) is 18.2 Å². The minimum atomic E-state index is -1.04. The van der Waals surface area contributed by atoms with Crippen LogP contribution in [0.1, 0.15) is 18.5 Å². The molecule has 0 unspecified atom stereocenters. The average molecular weight is 272 g/mol. The fourth-order valence-corrected chi connectivity index (χ4v) is 2.26. The van der Waals surface area contributed by atoms with Gasteiger partial charge in [-0.05, 0) is 36.6 Å². The molecule has 1 fully saturated rings. The van der Waals surface area contributed by atoms with Crippen molar-refractivity contribution in [2.45, 2.75) is 18.4 Å². The van der Waals surface area contributed by atoms with Gasteiger partial charge < -0.3 is 10.4 Å². The predicted molar refractivity (Wildman–Crippen MR) is 71.7 cm³/mol. The second-order valence-corrected chi connectivity index (χ2v) is 4.95. The van der Waals surface area contributed by atoms with Crippen LogP contribution in [0.3, 0.4) is 0 Å². The Hall–Kier alpha value is -2.43. The third-order valence-electron chi connectivity index (χ3n) is 3.53. The van der Waals surface area contributed by atoms with Gasteiger partial charge in [0.05, 0.1) is 11.2 Å². The lowest BCUT2D eigenvalue weighted by Gasteiger charge is -2.14. The topological polar surface area (TPSA) is 62.2 Å². The van der Waals surface area contributed by atoms with Crippen LogP contribution < -0.4 is 5.32 Å². The van der Waals surface area contributed by atoms with E-state index in [4.69, 9.17) is 5.11 Å². The van der Waals surface area contributed by atoms with E-state index in [9.17, 15) is 9.18 Å². The van der Waals surface area contributed by atoms with E-state index in [2.05, 4.69) is 10.3 Å². The molecule has 2 aromatic rings. The number of benzene rings is 1. The Morgan fingerprint density at radius 2 is 1.80 bits per heavy atom. The molecule has 1 aliphatic rings. The molecule has 3 rings (SSSR count). The van der Waals surface area contributed by atoms with Crippen molar-refractivity contribution < 1.29 is 14.3 Å². The Morgan fingerprint density at radius 1 is 1.15 bits per heavy atom. The van der Waals surface area contributed by atoms with Crippen LogP contribution in [0, 0.1) is 5.82 Å². The zero-order chi connectivity index (χ0) is 14.2. The number of pyridine rings is 1. The van der Waals surface area contributed by atoms with Gasteiger partial charge in [0.25, 0.3) is 0 Å². The Labute approximate surface area is 115 Å². The summed E-state index contributed by atoms with van der Waals surface area (Å²) >= 11 is 0. The van der Waals surface area contributed by atoms with Crippen LogP contribution in [0.25, 0.3) is 11.1 Å². The number of nitrogens with one attached hydrogen (secondary N) is 1. The zero-order valence-electron chi connectivity index (χ0n) is 10.6. The molecular weight excluding hydrogens is 259 g/mol.